The van der Waals surface area contributed by atoms with E-state index < -0.39 is 0 Å². The van der Waals surface area contributed by atoms with Crippen molar-refractivity contribution >= 4 is 17.7 Å². The van der Waals surface area contributed by atoms with Gasteiger partial charge in [-0.3, -0.25) is 4.79 Å². The van der Waals surface area contributed by atoms with Gasteiger partial charge in [-0.1, -0.05) is 36.0 Å². The predicted octanol–water partition coefficient (Wildman–Crippen LogP) is 4.16. The van der Waals surface area contributed by atoms with E-state index in [4.69, 9.17) is 4.42 Å². The van der Waals surface area contributed by atoms with E-state index in [2.05, 4.69) is 17.1 Å². The van der Waals surface area contributed by atoms with Crippen molar-refractivity contribution in [2.75, 3.05) is 12.3 Å². The van der Waals surface area contributed by atoms with Gasteiger partial charge < -0.3 is 9.32 Å². The SMILES string of the molecule is O=C(CSc1ncc(-c2ccc(F)cc2)o1)N1CCc2ccccc2C1. The van der Waals surface area contributed by atoms with Crippen LogP contribution < -0.4 is 0 Å². The van der Waals surface area contributed by atoms with Crippen LogP contribution >= 0.6 is 11.8 Å². The molecule has 0 aliphatic carbocycles. The molecule has 26 heavy (non-hydrogen) atoms. The van der Waals surface area contributed by atoms with Crippen LogP contribution in [0.15, 0.2) is 64.4 Å². The molecule has 0 saturated heterocycles. The first-order valence-corrected chi connectivity index (χ1v) is 9.37. The van der Waals surface area contributed by atoms with Crippen molar-refractivity contribution in [1.82, 2.24) is 9.88 Å². The van der Waals surface area contributed by atoms with Crippen LogP contribution in [0.4, 0.5) is 4.39 Å². The smallest absolute Gasteiger partial charge is 0.256 e. The van der Waals surface area contributed by atoms with Crippen LogP contribution in [0.25, 0.3) is 11.3 Å². The van der Waals surface area contributed by atoms with Gasteiger partial charge in [-0.25, -0.2) is 9.37 Å². The van der Waals surface area contributed by atoms with Gasteiger partial charge in [0, 0.05) is 18.7 Å². The second kappa shape index (κ2) is 7.33. The molecule has 4 rings (SSSR count). The van der Waals surface area contributed by atoms with E-state index in [9.17, 15) is 9.18 Å². The molecule has 0 unspecified atom stereocenters. The maximum atomic E-state index is 13.0. The van der Waals surface area contributed by atoms with Crippen molar-refractivity contribution in [1.29, 1.82) is 0 Å². The average Bonchev–Trinajstić information content (AvgIpc) is 3.15. The third-order valence-corrected chi connectivity index (χ3v) is 5.24. The molecule has 1 aliphatic heterocycles. The van der Waals surface area contributed by atoms with Crippen molar-refractivity contribution < 1.29 is 13.6 Å². The molecule has 6 heteroatoms. The van der Waals surface area contributed by atoms with Crippen LogP contribution in [0.3, 0.4) is 0 Å². The molecule has 2 heterocycles. The predicted molar refractivity (Wildman–Crippen MR) is 98.2 cm³/mol. The number of hydrogen-bond donors (Lipinski definition) is 0. The number of hydrogen-bond acceptors (Lipinski definition) is 4. The Kier molecular flexibility index (Phi) is 4.75. The number of oxazole rings is 1. The van der Waals surface area contributed by atoms with Crippen molar-refractivity contribution in [3.8, 4) is 11.3 Å². The van der Waals surface area contributed by atoms with E-state index in [1.807, 2.05) is 17.0 Å². The number of benzene rings is 2. The van der Waals surface area contributed by atoms with E-state index in [-0.39, 0.29) is 17.5 Å². The Morgan fingerprint density at radius 2 is 1.92 bits per heavy atom. The number of halogens is 1. The number of amides is 1. The van der Waals surface area contributed by atoms with Crippen molar-refractivity contribution in [2.45, 2.75) is 18.2 Å². The first kappa shape index (κ1) is 16.8. The first-order chi connectivity index (χ1) is 12.7. The molecule has 132 valence electrons. The topological polar surface area (TPSA) is 46.3 Å². The fourth-order valence-electron chi connectivity index (χ4n) is 3.00. The quantitative estimate of drug-likeness (QED) is 0.649. The van der Waals surface area contributed by atoms with E-state index in [1.54, 1.807) is 18.3 Å². The van der Waals surface area contributed by atoms with Crippen LogP contribution in [0.1, 0.15) is 11.1 Å². The summed E-state index contributed by atoms with van der Waals surface area (Å²) in [6.07, 6.45) is 2.48. The van der Waals surface area contributed by atoms with Gasteiger partial charge in [-0.15, -0.1) is 0 Å². The largest absolute Gasteiger partial charge is 0.431 e. The van der Waals surface area contributed by atoms with Crippen molar-refractivity contribution in [3.63, 3.8) is 0 Å². The molecule has 1 aliphatic rings. The Labute approximate surface area is 155 Å². The average molecular weight is 368 g/mol. The molecule has 0 radical (unpaired) electrons. The summed E-state index contributed by atoms with van der Waals surface area (Å²) < 4.78 is 18.7. The number of carbonyl (C=O) groups is 1. The molecule has 2 aromatic carbocycles. The molecule has 3 aromatic rings. The zero-order valence-corrected chi connectivity index (χ0v) is 14.8. The number of thioether (sulfide) groups is 1. The zero-order chi connectivity index (χ0) is 17.9. The molecule has 0 fully saturated rings. The van der Waals surface area contributed by atoms with Gasteiger partial charge in [-0.2, -0.15) is 0 Å². The molecule has 1 aromatic heterocycles. The summed E-state index contributed by atoms with van der Waals surface area (Å²) in [5, 5.41) is 0.440. The van der Waals surface area contributed by atoms with Gasteiger partial charge in [0.15, 0.2) is 5.76 Å². The van der Waals surface area contributed by atoms with E-state index in [0.717, 1.165) is 18.5 Å². The van der Waals surface area contributed by atoms with Crippen LogP contribution in [0.5, 0.6) is 0 Å². The van der Waals surface area contributed by atoms with Crippen molar-refractivity contribution in [2.24, 2.45) is 0 Å². The lowest BCUT2D eigenvalue weighted by Crippen LogP contribution is -2.37. The number of fused-ring (bicyclic) bond motifs is 1. The summed E-state index contributed by atoms with van der Waals surface area (Å²) in [6, 6.07) is 14.3. The second-order valence-corrected chi connectivity index (χ2v) is 7.05. The molecule has 0 bridgehead atoms. The zero-order valence-electron chi connectivity index (χ0n) is 14.0. The molecule has 1 amide bonds. The van der Waals surface area contributed by atoms with Crippen LogP contribution in [-0.2, 0) is 17.8 Å². The normalized spacial score (nSPS) is 13.5. The summed E-state index contributed by atoms with van der Waals surface area (Å²) >= 11 is 1.28. The summed E-state index contributed by atoms with van der Waals surface area (Å²) in [5.74, 6) is 0.625. The van der Waals surface area contributed by atoms with Gasteiger partial charge >= 0.3 is 0 Å². The Morgan fingerprint density at radius 1 is 1.15 bits per heavy atom. The number of rotatable bonds is 4. The Hall–Kier alpha value is -2.60. The summed E-state index contributed by atoms with van der Waals surface area (Å²) in [6.45, 7) is 1.39. The summed E-state index contributed by atoms with van der Waals surface area (Å²) in [4.78, 5) is 18.6. The minimum absolute atomic E-state index is 0.0750. The minimum Gasteiger partial charge on any atom is -0.431 e. The lowest BCUT2D eigenvalue weighted by molar-refractivity contribution is -0.129. The Morgan fingerprint density at radius 3 is 2.73 bits per heavy atom. The summed E-state index contributed by atoms with van der Waals surface area (Å²) in [7, 11) is 0. The number of aromatic nitrogens is 1. The van der Waals surface area contributed by atoms with E-state index in [1.165, 1.54) is 35.0 Å². The monoisotopic (exact) mass is 368 g/mol. The maximum absolute atomic E-state index is 13.0. The fraction of sp³-hybridized carbons (Fsp3) is 0.200. The van der Waals surface area contributed by atoms with Crippen LogP contribution in [-0.4, -0.2) is 28.1 Å². The highest BCUT2D eigenvalue weighted by Crippen LogP contribution is 2.26. The fourth-order valence-corrected chi connectivity index (χ4v) is 3.70. The molecule has 0 N–H and O–H groups in total. The van der Waals surface area contributed by atoms with Gasteiger partial charge in [0.25, 0.3) is 5.22 Å². The maximum Gasteiger partial charge on any atom is 0.256 e. The van der Waals surface area contributed by atoms with E-state index >= 15 is 0 Å². The molecule has 0 saturated carbocycles. The van der Waals surface area contributed by atoms with E-state index in [0.29, 0.717) is 17.5 Å². The second-order valence-electron chi connectivity index (χ2n) is 6.12. The molecular weight excluding hydrogens is 351 g/mol. The van der Waals surface area contributed by atoms with Gasteiger partial charge in [0.1, 0.15) is 5.82 Å². The lowest BCUT2D eigenvalue weighted by atomic mass is 10.00. The molecular formula is C20H17FN2O2S. The Bertz CT molecular complexity index is 924. The third-order valence-electron chi connectivity index (χ3n) is 4.42. The number of carbonyl (C=O) groups excluding carboxylic acids is 1. The van der Waals surface area contributed by atoms with Crippen LogP contribution in [0, 0.1) is 5.82 Å². The lowest BCUT2D eigenvalue weighted by Gasteiger charge is -2.28. The number of nitrogens with zero attached hydrogens (tertiary/aromatic N) is 2. The molecule has 4 nitrogen and oxygen atoms in total. The standard InChI is InChI=1S/C20H17FN2O2S/c21-17-7-5-15(6-8-17)18-11-22-20(25-18)26-13-19(24)23-10-9-14-3-1-2-4-16(14)12-23/h1-8,11H,9-10,12-13H2. The Balaban J connectivity index is 1.36. The highest BCUT2D eigenvalue weighted by molar-refractivity contribution is 7.99. The first-order valence-electron chi connectivity index (χ1n) is 8.38. The van der Waals surface area contributed by atoms with Gasteiger partial charge in [-0.05, 0) is 41.8 Å². The van der Waals surface area contributed by atoms with Gasteiger partial charge in [0.2, 0.25) is 5.91 Å². The van der Waals surface area contributed by atoms with Crippen molar-refractivity contribution in [3.05, 3.63) is 71.7 Å². The third kappa shape index (κ3) is 3.65. The molecule has 0 atom stereocenters. The minimum atomic E-state index is -0.295. The highest BCUT2D eigenvalue weighted by Gasteiger charge is 2.21. The highest BCUT2D eigenvalue weighted by atomic mass is 32.2. The van der Waals surface area contributed by atoms with Gasteiger partial charge in [0.05, 0.1) is 11.9 Å². The van der Waals surface area contributed by atoms with Crippen LogP contribution in [0.2, 0.25) is 0 Å². The summed E-state index contributed by atoms with van der Waals surface area (Å²) in [5.41, 5.74) is 3.29. The molecule has 0 spiro atoms.